The average Bonchev–Trinajstić information content (AvgIpc) is 2.55. The van der Waals surface area contributed by atoms with Crippen molar-refractivity contribution in [2.45, 2.75) is 11.8 Å². The van der Waals surface area contributed by atoms with Crippen LogP contribution in [0.15, 0.2) is 41.3 Å². The number of benzene rings is 2. The van der Waals surface area contributed by atoms with Gasteiger partial charge in [-0.05, 0) is 37.3 Å². The van der Waals surface area contributed by atoms with Crippen molar-refractivity contribution in [1.82, 2.24) is 10.3 Å². The summed E-state index contributed by atoms with van der Waals surface area (Å²) in [7, 11) is -4.31. The van der Waals surface area contributed by atoms with E-state index in [1.54, 1.807) is 4.83 Å². The van der Waals surface area contributed by atoms with E-state index in [0.29, 0.717) is 0 Å². The van der Waals surface area contributed by atoms with Crippen molar-refractivity contribution in [3.05, 3.63) is 68.5 Å². The van der Waals surface area contributed by atoms with E-state index in [0.717, 1.165) is 36.4 Å². The zero-order valence-corrected chi connectivity index (χ0v) is 14.2. The number of carbonyl (C=O) groups excluding carboxylic acids is 1. The van der Waals surface area contributed by atoms with E-state index in [1.165, 1.54) is 6.92 Å². The van der Waals surface area contributed by atoms with Crippen LogP contribution < -0.4 is 10.3 Å². The first-order valence-electron chi connectivity index (χ1n) is 6.64. The Balaban J connectivity index is 2.23. The Hall–Kier alpha value is -2.56. The molecule has 0 spiro atoms. The summed E-state index contributed by atoms with van der Waals surface area (Å²) in [6.45, 7) is 1.38. The first-order valence-corrected chi connectivity index (χ1v) is 8.50. The van der Waals surface area contributed by atoms with E-state index in [1.807, 2.05) is 5.43 Å². The molecule has 0 saturated carbocycles. The van der Waals surface area contributed by atoms with Crippen LogP contribution in [0.3, 0.4) is 0 Å². The van der Waals surface area contributed by atoms with E-state index < -0.39 is 37.3 Å². The summed E-state index contributed by atoms with van der Waals surface area (Å²) in [4.78, 5) is 23.3. The molecule has 2 aromatic carbocycles. The molecule has 0 aliphatic carbocycles. The van der Waals surface area contributed by atoms with Crippen molar-refractivity contribution >= 4 is 33.2 Å². The lowest BCUT2D eigenvalue weighted by molar-refractivity contribution is -0.385. The van der Waals surface area contributed by atoms with Gasteiger partial charge in [0.15, 0.2) is 0 Å². The number of amides is 1. The van der Waals surface area contributed by atoms with Crippen molar-refractivity contribution in [2.75, 3.05) is 0 Å². The number of rotatable bonds is 5. The van der Waals surface area contributed by atoms with E-state index in [4.69, 9.17) is 11.6 Å². The first-order chi connectivity index (χ1) is 11.6. The Labute approximate surface area is 146 Å². The minimum Gasteiger partial charge on any atom is -0.273 e. The summed E-state index contributed by atoms with van der Waals surface area (Å²) < 4.78 is 37.2. The molecule has 0 fully saturated rings. The molecular weight excluding hydrogens is 377 g/mol. The van der Waals surface area contributed by atoms with E-state index >= 15 is 0 Å². The van der Waals surface area contributed by atoms with Gasteiger partial charge in [-0.15, -0.1) is 4.83 Å². The van der Waals surface area contributed by atoms with Crippen molar-refractivity contribution in [2.24, 2.45) is 0 Å². The lowest BCUT2D eigenvalue weighted by atomic mass is 10.2. The molecule has 1 amide bonds. The van der Waals surface area contributed by atoms with Gasteiger partial charge in [0.2, 0.25) is 0 Å². The highest BCUT2D eigenvalue weighted by atomic mass is 35.5. The number of hydrazine groups is 1. The normalized spacial score (nSPS) is 11.2. The maximum atomic E-state index is 12.8. The third-order valence-corrected chi connectivity index (χ3v) is 4.82. The molecular formula is C14H11ClFN3O5S. The second kappa shape index (κ2) is 7.13. The van der Waals surface area contributed by atoms with Crippen LogP contribution in [0.4, 0.5) is 10.1 Å². The summed E-state index contributed by atoms with van der Waals surface area (Å²) in [5.41, 5.74) is 1.58. The minimum atomic E-state index is -4.31. The Morgan fingerprint density at radius 1 is 1.24 bits per heavy atom. The minimum absolute atomic E-state index is 0.0111. The maximum Gasteiger partial charge on any atom is 0.275 e. The van der Waals surface area contributed by atoms with E-state index in [9.17, 15) is 27.7 Å². The zero-order valence-electron chi connectivity index (χ0n) is 12.6. The standard InChI is InChI=1S/C14H11ClFN3O5S/c1-8-12(15)6-11(7-13(8)19(21)22)25(23,24)18-17-14(20)9-2-4-10(16)5-3-9/h2-7,18H,1H3,(H,17,20). The number of nitro benzene ring substituents is 1. The molecule has 0 aliphatic rings. The summed E-state index contributed by atoms with van der Waals surface area (Å²) in [5, 5.41) is 10.9. The molecule has 2 aromatic rings. The Kier molecular flexibility index (Phi) is 5.36. The molecule has 2 rings (SSSR count). The highest BCUT2D eigenvalue weighted by Gasteiger charge is 2.23. The van der Waals surface area contributed by atoms with Gasteiger partial charge < -0.3 is 0 Å². The Bertz CT molecular complexity index is 948. The molecule has 0 aliphatic heterocycles. The average molecular weight is 388 g/mol. The number of hydrogen-bond donors (Lipinski definition) is 2. The Morgan fingerprint density at radius 3 is 2.40 bits per heavy atom. The van der Waals surface area contributed by atoms with Gasteiger partial charge in [0.25, 0.3) is 21.6 Å². The molecule has 132 valence electrons. The number of nitrogens with zero attached hydrogens (tertiary/aromatic N) is 1. The van der Waals surface area contributed by atoms with Gasteiger partial charge >= 0.3 is 0 Å². The predicted molar refractivity (Wildman–Crippen MR) is 87.0 cm³/mol. The topological polar surface area (TPSA) is 118 Å². The fraction of sp³-hybridized carbons (Fsp3) is 0.0714. The number of sulfonamides is 1. The van der Waals surface area contributed by atoms with Crippen molar-refractivity contribution in [1.29, 1.82) is 0 Å². The molecule has 2 N–H and O–H groups in total. The number of hydrogen-bond acceptors (Lipinski definition) is 5. The summed E-state index contributed by atoms with van der Waals surface area (Å²) >= 11 is 5.82. The quantitative estimate of drug-likeness (QED) is 0.602. The van der Waals surface area contributed by atoms with Crippen LogP contribution >= 0.6 is 11.6 Å². The van der Waals surface area contributed by atoms with Gasteiger partial charge in [0, 0.05) is 17.2 Å². The monoisotopic (exact) mass is 387 g/mol. The predicted octanol–water partition coefficient (Wildman–Crippen LogP) is 2.32. The highest BCUT2D eigenvalue weighted by molar-refractivity contribution is 7.89. The largest absolute Gasteiger partial charge is 0.275 e. The van der Waals surface area contributed by atoms with E-state index in [-0.39, 0.29) is 16.1 Å². The second-order valence-electron chi connectivity index (χ2n) is 4.87. The third-order valence-electron chi connectivity index (χ3n) is 3.20. The molecule has 0 saturated heterocycles. The zero-order chi connectivity index (χ0) is 18.8. The lowest BCUT2D eigenvalue weighted by Gasteiger charge is -2.10. The van der Waals surface area contributed by atoms with Crippen LogP contribution in [-0.2, 0) is 10.0 Å². The lowest BCUT2D eigenvalue weighted by Crippen LogP contribution is -2.41. The van der Waals surface area contributed by atoms with Gasteiger partial charge in [0.05, 0.1) is 14.8 Å². The fourth-order valence-corrected chi connectivity index (χ4v) is 2.99. The second-order valence-corrected chi connectivity index (χ2v) is 6.96. The van der Waals surface area contributed by atoms with Gasteiger partial charge in [-0.1, -0.05) is 11.6 Å². The van der Waals surface area contributed by atoms with Crippen molar-refractivity contribution in [3.8, 4) is 0 Å². The summed E-state index contributed by atoms with van der Waals surface area (Å²) in [6, 6.07) is 6.24. The molecule has 0 unspecified atom stereocenters. The molecule has 0 bridgehead atoms. The van der Waals surface area contributed by atoms with Gasteiger partial charge in [-0.25, -0.2) is 12.8 Å². The molecule has 0 radical (unpaired) electrons. The molecule has 8 nitrogen and oxygen atoms in total. The maximum absolute atomic E-state index is 12.8. The summed E-state index contributed by atoms with van der Waals surface area (Å²) in [5.74, 6) is -1.39. The van der Waals surface area contributed by atoms with Crippen molar-refractivity contribution < 1.29 is 22.5 Å². The molecule has 11 heteroatoms. The molecule has 25 heavy (non-hydrogen) atoms. The Morgan fingerprint density at radius 2 is 1.84 bits per heavy atom. The number of carbonyl (C=O) groups is 1. The first kappa shape index (κ1) is 18.8. The van der Waals surface area contributed by atoms with Crippen LogP contribution in [0, 0.1) is 22.9 Å². The van der Waals surface area contributed by atoms with Gasteiger partial charge in [-0.2, -0.15) is 0 Å². The SMILES string of the molecule is Cc1c(Cl)cc(S(=O)(=O)NNC(=O)c2ccc(F)cc2)cc1[N+](=O)[O-]. The third kappa shape index (κ3) is 4.29. The van der Waals surface area contributed by atoms with Gasteiger partial charge in [-0.3, -0.25) is 20.3 Å². The van der Waals surface area contributed by atoms with Crippen molar-refractivity contribution in [3.63, 3.8) is 0 Å². The van der Waals surface area contributed by atoms with Crippen LogP contribution in [0.25, 0.3) is 0 Å². The number of nitro groups is 1. The fourth-order valence-electron chi connectivity index (χ4n) is 1.83. The number of nitrogens with one attached hydrogen (secondary N) is 2. The van der Waals surface area contributed by atoms with Crippen LogP contribution in [-0.4, -0.2) is 19.2 Å². The molecule has 0 atom stereocenters. The molecule has 0 heterocycles. The summed E-state index contributed by atoms with van der Waals surface area (Å²) in [6.07, 6.45) is 0. The molecule has 0 aromatic heterocycles. The number of halogens is 2. The highest BCUT2D eigenvalue weighted by Crippen LogP contribution is 2.29. The van der Waals surface area contributed by atoms with Crippen LogP contribution in [0.2, 0.25) is 5.02 Å². The smallest absolute Gasteiger partial charge is 0.273 e. The van der Waals surface area contributed by atoms with Crippen LogP contribution in [0.1, 0.15) is 15.9 Å². The van der Waals surface area contributed by atoms with Crippen LogP contribution in [0.5, 0.6) is 0 Å². The van der Waals surface area contributed by atoms with E-state index in [2.05, 4.69) is 0 Å². The van der Waals surface area contributed by atoms with Gasteiger partial charge in [0.1, 0.15) is 5.82 Å².